The number of hydrogen-bond donors (Lipinski definition) is 2. The number of sulfone groups is 1. The highest BCUT2D eigenvalue weighted by molar-refractivity contribution is 7.91. The summed E-state index contributed by atoms with van der Waals surface area (Å²) < 4.78 is 96.2. The SMILES string of the molecule is Cc1c(C(=O)NCC2(O)CCC(S(C)(=O)=O)CC2)nn(C)c1-c1ccc(CC(C)(C)C(F)(F)F)cc1OC(F)F. The van der Waals surface area contributed by atoms with Gasteiger partial charge in [0.25, 0.3) is 5.91 Å². The number of aliphatic hydroxyl groups is 1. The molecule has 0 spiro atoms. The first-order valence-electron chi connectivity index (χ1n) is 12.6. The first kappa shape index (κ1) is 31.8. The van der Waals surface area contributed by atoms with Crippen LogP contribution in [0.4, 0.5) is 22.0 Å². The van der Waals surface area contributed by atoms with Crippen molar-refractivity contribution in [2.24, 2.45) is 12.5 Å². The quantitative estimate of drug-likeness (QED) is 0.411. The van der Waals surface area contributed by atoms with E-state index in [1.807, 2.05) is 0 Å². The van der Waals surface area contributed by atoms with Crippen molar-refractivity contribution < 1.29 is 45.0 Å². The molecule has 0 aliphatic heterocycles. The van der Waals surface area contributed by atoms with Gasteiger partial charge >= 0.3 is 12.8 Å². The summed E-state index contributed by atoms with van der Waals surface area (Å²) in [5, 5.41) is 17.1. The molecular formula is C26H34F5N3O5S. The highest BCUT2D eigenvalue weighted by Gasteiger charge is 2.47. The molecule has 14 heteroatoms. The summed E-state index contributed by atoms with van der Waals surface area (Å²) >= 11 is 0. The second-order valence-corrected chi connectivity index (χ2v) is 13.5. The third-order valence-electron chi connectivity index (χ3n) is 7.48. The second-order valence-electron chi connectivity index (χ2n) is 11.1. The van der Waals surface area contributed by atoms with Crippen molar-refractivity contribution in [3.8, 4) is 17.0 Å². The molecule has 1 fully saturated rings. The van der Waals surface area contributed by atoms with Crippen LogP contribution >= 0.6 is 0 Å². The predicted molar refractivity (Wildman–Crippen MR) is 138 cm³/mol. The van der Waals surface area contributed by atoms with E-state index in [4.69, 9.17) is 0 Å². The minimum absolute atomic E-state index is 0.0452. The molecule has 1 aromatic heterocycles. The van der Waals surface area contributed by atoms with E-state index in [1.165, 1.54) is 30.8 Å². The van der Waals surface area contributed by atoms with E-state index in [2.05, 4.69) is 15.2 Å². The lowest BCUT2D eigenvalue weighted by Crippen LogP contribution is -2.47. The molecule has 0 radical (unpaired) electrons. The highest BCUT2D eigenvalue weighted by atomic mass is 32.2. The summed E-state index contributed by atoms with van der Waals surface area (Å²) in [5.74, 6) is -1.00. The normalized spacial score (nSPS) is 20.6. The third kappa shape index (κ3) is 7.12. The smallest absolute Gasteiger partial charge is 0.394 e. The van der Waals surface area contributed by atoms with Crippen LogP contribution < -0.4 is 10.1 Å². The van der Waals surface area contributed by atoms with Crippen LogP contribution in [0.15, 0.2) is 18.2 Å². The van der Waals surface area contributed by atoms with Crippen LogP contribution in [0.1, 0.15) is 61.1 Å². The number of nitrogens with one attached hydrogen (secondary N) is 1. The van der Waals surface area contributed by atoms with Gasteiger partial charge in [0.05, 0.1) is 22.0 Å². The van der Waals surface area contributed by atoms with Gasteiger partial charge in [0.1, 0.15) is 15.6 Å². The molecule has 40 heavy (non-hydrogen) atoms. The van der Waals surface area contributed by atoms with Crippen molar-refractivity contribution in [1.82, 2.24) is 15.1 Å². The first-order valence-corrected chi connectivity index (χ1v) is 14.6. The fourth-order valence-electron chi connectivity index (χ4n) is 4.96. The van der Waals surface area contributed by atoms with Gasteiger partial charge < -0.3 is 15.2 Å². The summed E-state index contributed by atoms with van der Waals surface area (Å²) in [6.45, 7) is 0.170. The molecule has 2 N–H and O–H groups in total. The Morgan fingerprint density at radius 2 is 1.85 bits per heavy atom. The molecule has 0 bridgehead atoms. The lowest BCUT2D eigenvalue weighted by molar-refractivity contribution is -0.211. The summed E-state index contributed by atoms with van der Waals surface area (Å²) in [7, 11) is -1.75. The van der Waals surface area contributed by atoms with Crippen molar-refractivity contribution in [3.05, 3.63) is 35.0 Å². The van der Waals surface area contributed by atoms with Gasteiger partial charge in [-0.25, -0.2) is 8.42 Å². The monoisotopic (exact) mass is 595 g/mol. The number of halogens is 5. The number of hydrogen-bond acceptors (Lipinski definition) is 6. The Morgan fingerprint density at radius 1 is 1.25 bits per heavy atom. The van der Waals surface area contributed by atoms with E-state index < -0.39 is 51.2 Å². The molecule has 0 atom stereocenters. The molecule has 0 saturated heterocycles. The van der Waals surface area contributed by atoms with Crippen LogP contribution in [0.5, 0.6) is 5.75 Å². The van der Waals surface area contributed by atoms with Crippen molar-refractivity contribution in [2.75, 3.05) is 12.8 Å². The van der Waals surface area contributed by atoms with Crippen LogP contribution in [0.3, 0.4) is 0 Å². The maximum atomic E-state index is 13.4. The number of amides is 1. The summed E-state index contributed by atoms with van der Waals surface area (Å²) in [5.41, 5.74) is -2.66. The molecule has 1 aromatic carbocycles. The average molecular weight is 596 g/mol. The number of nitrogens with zero attached hydrogens (tertiary/aromatic N) is 2. The Bertz CT molecular complexity index is 1350. The standard InChI is InChI=1S/C26H34F5N3O5S/c1-15-20(22(35)32-14-25(36)10-8-17(9-11-25)40(5,37)38)33-34(4)21(15)18-7-6-16(12-19(18)39-23(27)28)13-24(2,3)26(29,30)31/h6-7,12,17,23,36H,8-11,13-14H2,1-5H3,(H,32,35). The van der Waals surface area contributed by atoms with Crippen molar-refractivity contribution in [1.29, 1.82) is 0 Å². The van der Waals surface area contributed by atoms with E-state index in [0.717, 1.165) is 26.2 Å². The lowest BCUT2D eigenvalue weighted by Gasteiger charge is -2.35. The number of rotatable bonds is 9. The van der Waals surface area contributed by atoms with Crippen LogP contribution in [0, 0.1) is 12.3 Å². The van der Waals surface area contributed by atoms with Gasteiger partial charge in [0, 0.05) is 31.0 Å². The van der Waals surface area contributed by atoms with Crippen LogP contribution in [0.25, 0.3) is 11.3 Å². The molecule has 224 valence electrons. The van der Waals surface area contributed by atoms with Gasteiger partial charge in [0.2, 0.25) is 0 Å². The molecule has 1 amide bonds. The van der Waals surface area contributed by atoms with Crippen LogP contribution in [-0.2, 0) is 23.3 Å². The number of alkyl halides is 5. The summed E-state index contributed by atoms with van der Waals surface area (Å²) in [4.78, 5) is 13.0. The summed E-state index contributed by atoms with van der Waals surface area (Å²) in [6.07, 6.45) is -2.94. The Hall–Kier alpha value is -2.74. The molecular weight excluding hydrogens is 561 g/mol. The van der Waals surface area contributed by atoms with Crippen molar-refractivity contribution in [2.45, 2.75) is 76.5 Å². The number of carbonyl (C=O) groups is 1. The highest BCUT2D eigenvalue weighted by Crippen LogP contribution is 2.42. The number of carbonyl (C=O) groups excluding carboxylic acids is 1. The second kappa shape index (κ2) is 11.3. The Kier molecular flexibility index (Phi) is 8.95. The average Bonchev–Trinajstić information content (AvgIpc) is 3.10. The lowest BCUT2D eigenvalue weighted by atomic mass is 9.84. The van der Waals surface area contributed by atoms with Gasteiger partial charge in [-0.2, -0.15) is 27.1 Å². The number of aromatic nitrogens is 2. The van der Waals surface area contributed by atoms with E-state index >= 15 is 0 Å². The van der Waals surface area contributed by atoms with E-state index in [9.17, 15) is 40.3 Å². The number of aryl methyl sites for hydroxylation is 1. The third-order valence-corrected chi connectivity index (χ3v) is 9.16. The summed E-state index contributed by atoms with van der Waals surface area (Å²) in [6, 6.07) is 3.87. The fraction of sp³-hybridized carbons (Fsp3) is 0.615. The first-order chi connectivity index (χ1) is 18.2. The molecule has 1 saturated carbocycles. The number of benzene rings is 1. The zero-order valence-electron chi connectivity index (χ0n) is 22.9. The Labute approximate surface area is 229 Å². The maximum absolute atomic E-state index is 13.4. The maximum Gasteiger partial charge on any atom is 0.394 e. The van der Waals surface area contributed by atoms with E-state index in [1.54, 1.807) is 0 Å². The largest absolute Gasteiger partial charge is 0.434 e. The molecule has 2 aromatic rings. The van der Waals surface area contributed by atoms with E-state index in [-0.39, 0.29) is 60.5 Å². The molecule has 8 nitrogen and oxygen atoms in total. The predicted octanol–water partition coefficient (Wildman–Crippen LogP) is 4.58. The van der Waals surface area contributed by atoms with Crippen molar-refractivity contribution in [3.63, 3.8) is 0 Å². The Morgan fingerprint density at radius 3 is 2.38 bits per heavy atom. The Balaban J connectivity index is 1.84. The van der Waals surface area contributed by atoms with Gasteiger partial charge in [-0.1, -0.05) is 19.9 Å². The minimum Gasteiger partial charge on any atom is -0.434 e. The minimum atomic E-state index is -4.52. The van der Waals surface area contributed by atoms with Crippen LogP contribution in [0.2, 0.25) is 0 Å². The van der Waals surface area contributed by atoms with E-state index in [0.29, 0.717) is 5.56 Å². The van der Waals surface area contributed by atoms with Crippen LogP contribution in [-0.4, -0.2) is 65.7 Å². The topological polar surface area (TPSA) is 111 Å². The zero-order chi connectivity index (χ0) is 30.3. The molecule has 1 heterocycles. The fourth-order valence-corrected chi connectivity index (χ4v) is 6.05. The molecule has 0 unspecified atom stereocenters. The number of ether oxygens (including phenoxy) is 1. The molecule has 1 aliphatic carbocycles. The molecule has 3 rings (SSSR count). The zero-order valence-corrected chi connectivity index (χ0v) is 23.7. The van der Waals surface area contributed by atoms with Gasteiger partial charge in [0.15, 0.2) is 5.69 Å². The van der Waals surface area contributed by atoms with Crippen molar-refractivity contribution >= 4 is 15.7 Å². The van der Waals surface area contributed by atoms with Gasteiger partial charge in [-0.3, -0.25) is 9.48 Å². The van der Waals surface area contributed by atoms with Gasteiger partial charge in [-0.15, -0.1) is 0 Å². The molecule has 1 aliphatic rings. The van der Waals surface area contributed by atoms with Gasteiger partial charge in [-0.05, 0) is 56.7 Å².